The van der Waals surface area contributed by atoms with Crippen molar-refractivity contribution in [1.82, 2.24) is 4.98 Å². The first-order valence-corrected chi connectivity index (χ1v) is 5.49. The maximum Gasteiger partial charge on any atom is 0.256 e. The summed E-state index contributed by atoms with van der Waals surface area (Å²) in [6.07, 6.45) is 0. The molecule has 2 heterocycles. The molecule has 1 aromatic carbocycles. The van der Waals surface area contributed by atoms with Crippen molar-refractivity contribution in [2.75, 3.05) is 6.61 Å². The summed E-state index contributed by atoms with van der Waals surface area (Å²) in [6, 6.07) is 7.69. The van der Waals surface area contributed by atoms with Gasteiger partial charge in [0, 0.05) is 22.6 Å². The van der Waals surface area contributed by atoms with Gasteiger partial charge in [0.2, 0.25) is 0 Å². The van der Waals surface area contributed by atoms with Crippen LogP contribution in [0.3, 0.4) is 0 Å². The lowest BCUT2D eigenvalue weighted by Gasteiger charge is -2.23. The van der Waals surface area contributed by atoms with Crippen LogP contribution in [0.1, 0.15) is 24.1 Å². The van der Waals surface area contributed by atoms with Crippen LogP contribution in [0.5, 0.6) is 0 Å². The van der Waals surface area contributed by atoms with Gasteiger partial charge in [0.15, 0.2) is 0 Å². The highest BCUT2D eigenvalue weighted by atomic mass is 16.5. The zero-order valence-electron chi connectivity index (χ0n) is 9.12. The van der Waals surface area contributed by atoms with E-state index in [-0.39, 0.29) is 11.5 Å². The Morgan fingerprint density at radius 3 is 2.88 bits per heavy atom. The van der Waals surface area contributed by atoms with Crippen LogP contribution in [0.25, 0.3) is 10.8 Å². The number of H-pyrrole nitrogens is 1. The number of benzene rings is 1. The van der Waals surface area contributed by atoms with Crippen molar-refractivity contribution in [2.45, 2.75) is 19.4 Å². The average molecular weight is 215 g/mol. The highest BCUT2D eigenvalue weighted by Crippen LogP contribution is 2.28. The fourth-order valence-electron chi connectivity index (χ4n) is 2.35. The van der Waals surface area contributed by atoms with Crippen LogP contribution >= 0.6 is 0 Å². The number of hydrogen-bond donors (Lipinski definition) is 1. The molecule has 0 spiro atoms. The maximum atomic E-state index is 11.9. The first-order valence-electron chi connectivity index (χ1n) is 5.49. The average Bonchev–Trinajstić information content (AvgIpc) is 2.31. The number of rotatable bonds is 0. The largest absolute Gasteiger partial charge is 0.376 e. The number of aromatic amines is 1. The van der Waals surface area contributed by atoms with E-state index in [1.165, 1.54) is 0 Å². The van der Waals surface area contributed by atoms with Crippen molar-refractivity contribution in [1.29, 1.82) is 0 Å². The van der Waals surface area contributed by atoms with E-state index in [0.717, 1.165) is 22.0 Å². The molecule has 0 saturated carbocycles. The molecule has 3 nitrogen and oxygen atoms in total. The molecule has 16 heavy (non-hydrogen) atoms. The Morgan fingerprint density at radius 1 is 1.31 bits per heavy atom. The summed E-state index contributed by atoms with van der Waals surface area (Å²) in [7, 11) is 0. The van der Waals surface area contributed by atoms with Gasteiger partial charge in [-0.25, -0.2) is 0 Å². The van der Waals surface area contributed by atoms with E-state index in [2.05, 4.69) is 11.9 Å². The van der Waals surface area contributed by atoms with Gasteiger partial charge in [-0.05, 0) is 11.5 Å². The standard InChI is InChI=1S/C13H13NO2/c1-8-6-16-7-11-9-4-2-3-5-10(9)13(15)14-12(8)11/h2-5,8H,6-7H2,1H3,(H,14,15). The lowest BCUT2D eigenvalue weighted by atomic mass is 9.96. The van der Waals surface area contributed by atoms with Gasteiger partial charge in [-0.15, -0.1) is 0 Å². The molecule has 82 valence electrons. The summed E-state index contributed by atoms with van der Waals surface area (Å²) in [5.74, 6) is 0.265. The molecule has 0 radical (unpaired) electrons. The van der Waals surface area contributed by atoms with Crippen LogP contribution in [0.15, 0.2) is 29.1 Å². The van der Waals surface area contributed by atoms with Gasteiger partial charge < -0.3 is 9.72 Å². The van der Waals surface area contributed by atoms with E-state index >= 15 is 0 Å². The fourth-order valence-corrected chi connectivity index (χ4v) is 2.35. The van der Waals surface area contributed by atoms with Crippen molar-refractivity contribution in [2.24, 2.45) is 0 Å². The van der Waals surface area contributed by atoms with E-state index in [0.29, 0.717) is 13.2 Å². The summed E-state index contributed by atoms with van der Waals surface area (Å²) < 4.78 is 5.53. The highest BCUT2D eigenvalue weighted by Gasteiger charge is 2.20. The van der Waals surface area contributed by atoms with Crippen LogP contribution in [0.4, 0.5) is 0 Å². The number of fused-ring (bicyclic) bond motifs is 3. The lowest BCUT2D eigenvalue weighted by molar-refractivity contribution is 0.0942. The van der Waals surface area contributed by atoms with Crippen molar-refractivity contribution in [3.63, 3.8) is 0 Å². The van der Waals surface area contributed by atoms with Crippen LogP contribution < -0.4 is 5.56 Å². The molecule has 0 bridgehead atoms. The second-order valence-electron chi connectivity index (χ2n) is 4.31. The SMILES string of the molecule is CC1COCc2c1[nH]c(=O)c1ccccc21. The minimum absolute atomic E-state index is 0.00287. The summed E-state index contributed by atoms with van der Waals surface area (Å²) in [4.78, 5) is 14.9. The normalized spacial score (nSPS) is 19.7. The van der Waals surface area contributed by atoms with Crippen molar-refractivity contribution < 1.29 is 4.74 Å². The molecule has 1 aromatic heterocycles. The van der Waals surface area contributed by atoms with Crippen molar-refractivity contribution in [3.05, 3.63) is 45.9 Å². The zero-order chi connectivity index (χ0) is 11.1. The predicted molar refractivity (Wildman–Crippen MR) is 62.6 cm³/mol. The third kappa shape index (κ3) is 1.28. The summed E-state index contributed by atoms with van der Waals surface area (Å²) in [6.45, 7) is 3.35. The third-order valence-electron chi connectivity index (χ3n) is 3.18. The van der Waals surface area contributed by atoms with Crippen LogP contribution in [-0.4, -0.2) is 11.6 Å². The van der Waals surface area contributed by atoms with E-state index in [1.54, 1.807) is 0 Å². The Labute approximate surface area is 93.1 Å². The molecule has 2 aromatic rings. The second-order valence-corrected chi connectivity index (χ2v) is 4.31. The van der Waals surface area contributed by atoms with Gasteiger partial charge in [-0.2, -0.15) is 0 Å². The number of pyridine rings is 1. The minimum atomic E-state index is 0.00287. The Bertz CT molecular complexity index is 600. The molecule has 1 aliphatic heterocycles. The first kappa shape index (κ1) is 9.60. The molecule has 0 aliphatic carbocycles. The van der Waals surface area contributed by atoms with E-state index < -0.39 is 0 Å². The van der Waals surface area contributed by atoms with Crippen LogP contribution in [-0.2, 0) is 11.3 Å². The summed E-state index contributed by atoms with van der Waals surface area (Å²) in [5.41, 5.74) is 2.17. The molecule has 1 aliphatic rings. The molecule has 1 unspecified atom stereocenters. The zero-order valence-corrected chi connectivity index (χ0v) is 9.12. The van der Waals surface area contributed by atoms with Gasteiger partial charge >= 0.3 is 0 Å². The Balaban J connectivity index is 2.43. The molecule has 1 atom stereocenters. The molecule has 3 heteroatoms. The number of nitrogens with one attached hydrogen (secondary N) is 1. The Hall–Kier alpha value is -1.61. The van der Waals surface area contributed by atoms with E-state index in [1.807, 2.05) is 24.3 Å². The maximum absolute atomic E-state index is 11.9. The number of aromatic nitrogens is 1. The van der Waals surface area contributed by atoms with Crippen molar-refractivity contribution >= 4 is 10.8 Å². The van der Waals surface area contributed by atoms with Gasteiger partial charge in [-0.1, -0.05) is 25.1 Å². The van der Waals surface area contributed by atoms with E-state index in [4.69, 9.17) is 4.74 Å². The first-order chi connectivity index (χ1) is 7.77. The minimum Gasteiger partial charge on any atom is -0.376 e. The highest BCUT2D eigenvalue weighted by molar-refractivity contribution is 5.85. The van der Waals surface area contributed by atoms with Crippen LogP contribution in [0, 0.1) is 0 Å². The van der Waals surface area contributed by atoms with Gasteiger partial charge in [0.25, 0.3) is 5.56 Å². The van der Waals surface area contributed by atoms with Crippen molar-refractivity contribution in [3.8, 4) is 0 Å². The Morgan fingerprint density at radius 2 is 2.06 bits per heavy atom. The number of hydrogen-bond acceptors (Lipinski definition) is 2. The van der Waals surface area contributed by atoms with E-state index in [9.17, 15) is 4.79 Å². The summed E-state index contributed by atoms with van der Waals surface area (Å²) >= 11 is 0. The molecular weight excluding hydrogens is 202 g/mol. The van der Waals surface area contributed by atoms with Gasteiger partial charge in [0.05, 0.1) is 13.2 Å². The smallest absolute Gasteiger partial charge is 0.256 e. The quantitative estimate of drug-likeness (QED) is 0.731. The molecular formula is C13H13NO2. The lowest BCUT2D eigenvalue weighted by Crippen LogP contribution is -2.21. The van der Waals surface area contributed by atoms with Crippen LogP contribution in [0.2, 0.25) is 0 Å². The fraction of sp³-hybridized carbons (Fsp3) is 0.308. The number of ether oxygens (including phenoxy) is 1. The molecule has 0 fully saturated rings. The molecule has 3 rings (SSSR count). The molecule has 1 N–H and O–H groups in total. The molecule has 0 saturated heterocycles. The molecule has 0 amide bonds. The second kappa shape index (κ2) is 3.46. The van der Waals surface area contributed by atoms with Gasteiger partial charge in [-0.3, -0.25) is 4.79 Å². The monoisotopic (exact) mass is 215 g/mol. The Kier molecular flexibility index (Phi) is 2.07. The topological polar surface area (TPSA) is 42.1 Å². The third-order valence-corrected chi connectivity index (χ3v) is 3.18. The summed E-state index contributed by atoms with van der Waals surface area (Å²) in [5, 5.41) is 1.77. The predicted octanol–water partition coefficient (Wildman–Crippen LogP) is 2.16. The van der Waals surface area contributed by atoms with Gasteiger partial charge in [0.1, 0.15) is 0 Å².